The van der Waals surface area contributed by atoms with Crippen molar-refractivity contribution in [3.05, 3.63) is 34.3 Å². The number of rotatable bonds is 7. The SMILES string of the molecule is Cc1nc(Cn2ccnc2C2CCN(C(=O)CCCS(N)(=O)=O)CC2)cs1. The predicted molar refractivity (Wildman–Crippen MR) is 104 cm³/mol. The number of imidazole rings is 1. The maximum absolute atomic E-state index is 12.2. The van der Waals surface area contributed by atoms with Crippen molar-refractivity contribution in [2.45, 2.75) is 45.1 Å². The number of hydrogen-bond acceptors (Lipinski definition) is 6. The van der Waals surface area contributed by atoms with Gasteiger partial charge in [-0.1, -0.05) is 0 Å². The van der Waals surface area contributed by atoms with Crippen LogP contribution in [0.3, 0.4) is 0 Å². The largest absolute Gasteiger partial charge is 0.343 e. The number of likely N-dealkylation sites (tertiary alicyclic amines) is 1. The lowest BCUT2D eigenvalue weighted by Crippen LogP contribution is -2.38. The van der Waals surface area contributed by atoms with E-state index in [0.717, 1.165) is 29.4 Å². The van der Waals surface area contributed by atoms with Crippen molar-refractivity contribution in [2.24, 2.45) is 5.14 Å². The monoisotopic (exact) mass is 411 g/mol. The molecule has 2 aromatic rings. The van der Waals surface area contributed by atoms with Crippen LogP contribution in [0.2, 0.25) is 0 Å². The fourth-order valence-electron chi connectivity index (χ4n) is 3.44. The molecule has 0 aliphatic carbocycles. The quantitative estimate of drug-likeness (QED) is 0.742. The molecule has 3 rings (SSSR count). The van der Waals surface area contributed by atoms with Crippen LogP contribution in [0.4, 0.5) is 0 Å². The Hall–Kier alpha value is -1.78. The summed E-state index contributed by atoms with van der Waals surface area (Å²) in [5, 5.41) is 8.11. The zero-order chi connectivity index (χ0) is 19.4. The van der Waals surface area contributed by atoms with Crippen molar-refractivity contribution < 1.29 is 13.2 Å². The van der Waals surface area contributed by atoms with Crippen LogP contribution < -0.4 is 5.14 Å². The van der Waals surface area contributed by atoms with Gasteiger partial charge in [-0.05, 0) is 26.2 Å². The number of amides is 1. The number of nitrogens with zero attached hydrogens (tertiary/aromatic N) is 4. The summed E-state index contributed by atoms with van der Waals surface area (Å²) in [4.78, 5) is 23.1. The number of aryl methyl sites for hydroxylation is 1. The Bertz CT molecular complexity index is 882. The third kappa shape index (κ3) is 5.60. The number of nitrogens with two attached hydrogens (primary N) is 1. The molecule has 8 nitrogen and oxygen atoms in total. The van der Waals surface area contributed by atoms with Crippen molar-refractivity contribution in [1.82, 2.24) is 19.4 Å². The third-order valence-electron chi connectivity index (χ3n) is 4.78. The third-order valence-corrected chi connectivity index (χ3v) is 6.46. The molecule has 0 spiro atoms. The Morgan fingerprint density at radius 1 is 1.37 bits per heavy atom. The topological polar surface area (TPSA) is 111 Å². The number of piperidine rings is 1. The summed E-state index contributed by atoms with van der Waals surface area (Å²) in [5.41, 5.74) is 1.04. The van der Waals surface area contributed by atoms with Gasteiger partial charge < -0.3 is 9.47 Å². The van der Waals surface area contributed by atoms with Gasteiger partial charge in [-0.25, -0.2) is 23.5 Å². The molecule has 1 aliphatic heterocycles. The first-order valence-corrected chi connectivity index (χ1v) is 11.6. The molecule has 3 heterocycles. The zero-order valence-electron chi connectivity index (χ0n) is 15.4. The molecule has 0 radical (unpaired) electrons. The molecule has 10 heteroatoms. The first kappa shape index (κ1) is 20.0. The van der Waals surface area contributed by atoms with E-state index in [1.807, 2.05) is 24.2 Å². The van der Waals surface area contributed by atoms with Crippen LogP contribution in [0.5, 0.6) is 0 Å². The maximum atomic E-state index is 12.2. The van der Waals surface area contributed by atoms with Gasteiger partial charge in [0, 0.05) is 43.2 Å². The van der Waals surface area contributed by atoms with E-state index in [-0.39, 0.29) is 24.5 Å². The molecular weight excluding hydrogens is 386 g/mol. The molecule has 1 aliphatic rings. The minimum absolute atomic E-state index is 0.00149. The Balaban J connectivity index is 1.52. The highest BCUT2D eigenvalue weighted by molar-refractivity contribution is 7.89. The second-order valence-corrected chi connectivity index (χ2v) is 9.69. The number of aromatic nitrogens is 3. The van der Waals surface area contributed by atoms with Crippen LogP contribution in [-0.4, -0.2) is 52.6 Å². The lowest BCUT2D eigenvalue weighted by molar-refractivity contribution is -0.132. The highest BCUT2D eigenvalue weighted by Gasteiger charge is 2.26. The van der Waals surface area contributed by atoms with Gasteiger partial charge in [0.2, 0.25) is 15.9 Å². The number of primary sulfonamides is 1. The van der Waals surface area contributed by atoms with E-state index in [2.05, 4.69) is 19.9 Å². The molecule has 1 fully saturated rings. The van der Waals surface area contributed by atoms with Gasteiger partial charge in [0.05, 0.1) is 23.0 Å². The number of carbonyl (C=O) groups is 1. The predicted octanol–water partition coefficient (Wildman–Crippen LogP) is 1.47. The molecule has 1 amide bonds. The molecule has 0 aromatic carbocycles. The first-order valence-electron chi connectivity index (χ1n) is 9.02. The fraction of sp³-hybridized carbons (Fsp3) is 0.588. The van der Waals surface area contributed by atoms with Crippen molar-refractivity contribution >= 4 is 27.3 Å². The molecule has 27 heavy (non-hydrogen) atoms. The van der Waals surface area contributed by atoms with E-state index >= 15 is 0 Å². The lowest BCUT2D eigenvalue weighted by Gasteiger charge is -2.32. The van der Waals surface area contributed by atoms with Crippen LogP contribution in [0, 0.1) is 6.92 Å². The number of thiazole rings is 1. The molecule has 2 aromatic heterocycles. The van der Waals surface area contributed by atoms with Crippen LogP contribution in [0.1, 0.15) is 48.1 Å². The van der Waals surface area contributed by atoms with Crippen molar-refractivity contribution in [1.29, 1.82) is 0 Å². The summed E-state index contributed by atoms with van der Waals surface area (Å²) >= 11 is 1.64. The van der Waals surface area contributed by atoms with E-state index in [1.165, 1.54) is 0 Å². The van der Waals surface area contributed by atoms with Gasteiger partial charge in [-0.3, -0.25) is 4.79 Å². The molecule has 0 unspecified atom stereocenters. The first-order chi connectivity index (χ1) is 12.8. The summed E-state index contributed by atoms with van der Waals surface area (Å²) in [6, 6.07) is 0. The minimum Gasteiger partial charge on any atom is -0.343 e. The average molecular weight is 412 g/mol. The fourth-order valence-corrected chi connectivity index (χ4v) is 4.59. The number of carbonyl (C=O) groups excluding carboxylic acids is 1. The Kier molecular flexibility index (Phi) is 6.28. The molecular formula is C17H25N5O3S2. The van der Waals surface area contributed by atoms with Gasteiger partial charge in [0.25, 0.3) is 0 Å². The highest BCUT2D eigenvalue weighted by atomic mass is 32.2. The van der Waals surface area contributed by atoms with Crippen LogP contribution in [0.15, 0.2) is 17.8 Å². The molecule has 0 bridgehead atoms. The van der Waals surface area contributed by atoms with E-state index in [4.69, 9.17) is 5.14 Å². The summed E-state index contributed by atoms with van der Waals surface area (Å²) < 4.78 is 24.1. The lowest BCUT2D eigenvalue weighted by atomic mass is 9.95. The van der Waals surface area contributed by atoms with Crippen molar-refractivity contribution in [3.8, 4) is 0 Å². The van der Waals surface area contributed by atoms with Crippen molar-refractivity contribution in [3.63, 3.8) is 0 Å². The van der Waals surface area contributed by atoms with Crippen LogP contribution >= 0.6 is 11.3 Å². The molecule has 0 atom stereocenters. The molecule has 1 saturated heterocycles. The van der Waals surface area contributed by atoms with Crippen molar-refractivity contribution in [2.75, 3.05) is 18.8 Å². The molecule has 2 N–H and O–H groups in total. The van der Waals surface area contributed by atoms with Gasteiger partial charge in [-0.2, -0.15) is 0 Å². The zero-order valence-corrected chi connectivity index (χ0v) is 17.0. The Morgan fingerprint density at radius 2 is 2.11 bits per heavy atom. The molecule has 148 valence electrons. The second-order valence-electron chi connectivity index (χ2n) is 6.90. The van der Waals surface area contributed by atoms with Crippen LogP contribution in [0.25, 0.3) is 0 Å². The average Bonchev–Trinajstić information content (AvgIpc) is 3.23. The second kappa shape index (κ2) is 8.49. The smallest absolute Gasteiger partial charge is 0.222 e. The summed E-state index contributed by atoms with van der Waals surface area (Å²) in [6.45, 7) is 4.05. The van der Waals surface area contributed by atoms with Gasteiger partial charge in [0.15, 0.2) is 0 Å². The standard InChI is InChI=1S/C17H25N5O3S2/c1-13-20-15(12-26-13)11-22-9-6-19-17(22)14-4-7-21(8-5-14)16(23)3-2-10-27(18,24)25/h6,9,12,14H,2-5,7-8,10-11H2,1H3,(H2,18,24,25). The highest BCUT2D eigenvalue weighted by Crippen LogP contribution is 2.28. The van der Waals surface area contributed by atoms with E-state index < -0.39 is 10.0 Å². The molecule has 0 saturated carbocycles. The van der Waals surface area contributed by atoms with E-state index in [9.17, 15) is 13.2 Å². The van der Waals surface area contributed by atoms with Crippen LogP contribution in [-0.2, 0) is 21.4 Å². The summed E-state index contributed by atoms with van der Waals surface area (Å²) in [5.74, 6) is 1.21. The van der Waals surface area contributed by atoms with Gasteiger partial charge in [0.1, 0.15) is 5.82 Å². The Labute approximate surface area is 163 Å². The minimum atomic E-state index is -3.50. The Morgan fingerprint density at radius 3 is 2.74 bits per heavy atom. The maximum Gasteiger partial charge on any atom is 0.222 e. The normalized spacial score (nSPS) is 16.0. The van der Waals surface area contributed by atoms with E-state index in [1.54, 1.807) is 11.3 Å². The number of sulfonamides is 1. The summed E-state index contributed by atoms with van der Waals surface area (Å²) in [7, 11) is -3.50. The van der Waals surface area contributed by atoms with Gasteiger partial charge >= 0.3 is 0 Å². The summed E-state index contributed by atoms with van der Waals surface area (Å²) in [6.07, 6.45) is 6.00. The van der Waals surface area contributed by atoms with E-state index in [0.29, 0.717) is 25.6 Å². The number of hydrogen-bond donors (Lipinski definition) is 1. The van der Waals surface area contributed by atoms with Gasteiger partial charge in [-0.15, -0.1) is 11.3 Å².